The van der Waals surface area contributed by atoms with Crippen molar-refractivity contribution in [3.63, 3.8) is 0 Å². The number of rotatable bonds is 12. The van der Waals surface area contributed by atoms with E-state index >= 15 is 0 Å². The molecule has 1 saturated carbocycles. The Balaban J connectivity index is 1.32. The van der Waals surface area contributed by atoms with E-state index in [1.807, 2.05) is 17.4 Å². The van der Waals surface area contributed by atoms with E-state index in [0.29, 0.717) is 6.04 Å². The Hall–Kier alpha value is -1.65. The van der Waals surface area contributed by atoms with Crippen molar-refractivity contribution in [1.82, 2.24) is 4.90 Å². The first-order valence-electron chi connectivity index (χ1n) is 14.3. The van der Waals surface area contributed by atoms with Crippen molar-refractivity contribution < 1.29 is 9.53 Å². The highest BCUT2D eigenvalue weighted by Gasteiger charge is 2.30. The van der Waals surface area contributed by atoms with E-state index in [2.05, 4.69) is 48.4 Å². The molecule has 1 aromatic heterocycles. The summed E-state index contributed by atoms with van der Waals surface area (Å²) < 4.78 is 6.07. The van der Waals surface area contributed by atoms with Crippen LogP contribution in [0, 0.1) is 11.8 Å². The summed E-state index contributed by atoms with van der Waals surface area (Å²) in [6, 6.07) is 11.4. The Labute approximate surface area is 217 Å². The van der Waals surface area contributed by atoms with Crippen LogP contribution in [0.4, 0.5) is 0 Å². The average Bonchev–Trinajstić information content (AvgIpc) is 3.41. The van der Waals surface area contributed by atoms with E-state index in [1.165, 1.54) is 60.9 Å². The van der Waals surface area contributed by atoms with Gasteiger partial charge in [0.2, 0.25) is 0 Å². The molecule has 0 amide bonds. The van der Waals surface area contributed by atoms with Crippen LogP contribution in [-0.2, 0) is 24.1 Å². The lowest BCUT2D eigenvalue weighted by Gasteiger charge is -2.35. The second kappa shape index (κ2) is 13.6. The Kier molecular flexibility index (Phi) is 10.3. The van der Waals surface area contributed by atoms with Gasteiger partial charge in [-0.3, -0.25) is 9.69 Å². The van der Waals surface area contributed by atoms with E-state index < -0.39 is 0 Å². The number of fused-ring (bicyclic) bond motifs is 1. The highest BCUT2D eigenvalue weighted by molar-refractivity contribution is 7.09. The van der Waals surface area contributed by atoms with Crippen LogP contribution >= 0.6 is 11.3 Å². The van der Waals surface area contributed by atoms with E-state index in [-0.39, 0.29) is 11.9 Å². The fourth-order valence-corrected chi connectivity index (χ4v) is 6.89. The molecule has 0 saturated heterocycles. The summed E-state index contributed by atoms with van der Waals surface area (Å²) in [5.41, 5.74) is 2.66. The number of benzene rings is 1. The standard InChI is InChI=1S/C31H45NO2S/c1-3-5-6-9-24-13-15-25(16-14-24)31(33)34-30-12-7-10-26-23-27(17-18-29(26)30)32(20-4-2)21-19-28-11-8-22-35-28/h7-8,10-12,22,24-25,27H,3-6,9,13-21,23H2,1-2H3. The largest absolute Gasteiger partial charge is 0.426 e. The minimum absolute atomic E-state index is 0.0103. The Morgan fingerprint density at radius 2 is 1.86 bits per heavy atom. The van der Waals surface area contributed by atoms with Crippen LogP contribution < -0.4 is 4.74 Å². The van der Waals surface area contributed by atoms with Gasteiger partial charge in [0.25, 0.3) is 0 Å². The van der Waals surface area contributed by atoms with Gasteiger partial charge in [0.15, 0.2) is 0 Å². The molecule has 1 atom stereocenters. The third kappa shape index (κ3) is 7.43. The molecule has 0 aliphatic heterocycles. The maximum atomic E-state index is 13.0. The van der Waals surface area contributed by atoms with Gasteiger partial charge in [0.1, 0.15) is 5.75 Å². The molecule has 0 N–H and O–H groups in total. The molecule has 4 rings (SSSR count). The Bertz CT molecular complexity index is 901. The molecule has 1 fully saturated rings. The zero-order chi connectivity index (χ0) is 24.5. The van der Waals surface area contributed by atoms with Gasteiger partial charge < -0.3 is 4.74 Å². The first-order chi connectivity index (χ1) is 17.2. The minimum atomic E-state index is 0.0103. The summed E-state index contributed by atoms with van der Waals surface area (Å²) in [4.78, 5) is 17.2. The van der Waals surface area contributed by atoms with Crippen molar-refractivity contribution in [3.8, 4) is 5.75 Å². The number of carbonyl (C=O) groups excluding carboxylic acids is 1. The fraction of sp³-hybridized carbons (Fsp3) is 0.645. The normalized spacial score (nSPS) is 22.2. The monoisotopic (exact) mass is 495 g/mol. The number of unbranched alkanes of at least 4 members (excludes halogenated alkanes) is 2. The average molecular weight is 496 g/mol. The highest BCUT2D eigenvalue weighted by Crippen LogP contribution is 2.35. The van der Waals surface area contributed by atoms with Crippen molar-refractivity contribution in [2.24, 2.45) is 11.8 Å². The number of thiophene rings is 1. The van der Waals surface area contributed by atoms with E-state index in [4.69, 9.17) is 4.74 Å². The van der Waals surface area contributed by atoms with E-state index in [1.54, 1.807) is 0 Å². The minimum Gasteiger partial charge on any atom is -0.426 e. The van der Waals surface area contributed by atoms with Gasteiger partial charge >= 0.3 is 5.97 Å². The van der Waals surface area contributed by atoms with Gasteiger partial charge in [0, 0.05) is 17.5 Å². The maximum absolute atomic E-state index is 13.0. The molecule has 1 aromatic carbocycles. The van der Waals surface area contributed by atoms with Crippen LogP contribution in [0.15, 0.2) is 35.7 Å². The molecule has 192 valence electrons. The Morgan fingerprint density at radius 1 is 1.00 bits per heavy atom. The lowest BCUT2D eigenvalue weighted by atomic mass is 9.80. The number of hydrogen-bond acceptors (Lipinski definition) is 4. The summed E-state index contributed by atoms with van der Waals surface area (Å²) in [5.74, 6) is 1.74. The summed E-state index contributed by atoms with van der Waals surface area (Å²) in [5, 5.41) is 2.18. The van der Waals surface area contributed by atoms with E-state index in [0.717, 1.165) is 63.3 Å². The number of hydrogen-bond donors (Lipinski definition) is 0. The van der Waals surface area contributed by atoms with Crippen molar-refractivity contribution in [1.29, 1.82) is 0 Å². The predicted molar refractivity (Wildman–Crippen MR) is 147 cm³/mol. The third-order valence-electron chi connectivity index (χ3n) is 8.27. The predicted octanol–water partition coefficient (Wildman–Crippen LogP) is 7.85. The van der Waals surface area contributed by atoms with Crippen LogP contribution in [0.2, 0.25) is 0 Å². The maximum Gasteiger partial charge on any atom is 0.314 e. The number of nitrogens with zero attached hydrogens (tertiary/aromatic N) is 1. The number of esters is 1. The van der Waals surface area contributed by atoms with Crippen LogP contribution in [0.5, 0.6) is 5.75 Å². The molecule has 2 aliphatic carbocycles. The lowest BCUT2D eigenvalue weighted by molar-refractivity contribution is -0.140. The van der Waals surface area contributed by atoms with Crippen LogP contribution in [-0.4, -0.2) is 30.0 Å². The summed E-state index contributed by atoms with van der Waals surface area (Å²) in [6.45, 7) is 6.83. The SMILES string of the molecule is CCCCCC1CCC(C(=O)Oc2cccc3c2CCC(N(CCC)CCc2cccs2)C3)CC1. The van der Waals surface area contributed by atoms with Crippen molar-refractivity contribution >= 4 is 17.3 Å². The van der Waals surface area contributed by atoms with Gasteiger partial charge in [-0.15, -0.1) is 11.3 Å². The first kappa shape index (κ1) is 26.4. The molecule has 2 aromatic rings. The third-order valence-corrected chi connectivity index (χ3v) is 9.21. The van der Waals surface area contributed by atoms with Crippen molar-refractivity contribution in [2.75, 3.05) is 13.1 Å². The van der Waals surface area contributed by atoms with Gasteiger partial charge in [-0.25, -0.2) is 0 Å². The molecule has 0 spiro atoms. The molecule has 3 nitrogen and oxygen atoms in total. The number of carbonyl (C=O) groups is 1. The zero-order valence-corrected chi connectivity index (χ0v) is 22.8. The summed E-state index contributed by atoms with van der Waals surface area (Å²) >= 11 is 1.87. The molecule has 1 unspecified atom stereocenters. The smallest absolute Gasteiger partial charge is 0.314 e. The molecule has 0 radical (unpaired) electrons. The lowest BCUT2D eigenvalue weighted by Crippen LogP contribution is -2.41. The topological polar surface area (TPSA) is 29.5 Å². The van der Waals surface area contributed by atoms with Crippen LogP contribution in [0.3, 0.4) is 0 Å². The van der Waals surface area contributed by atoms with Crippen LogP contribution in [0.1, 0.15) is 94.1 Å². The molecular weight excluding hydrogens is 450 g/mol. The molecule has 0 bridgehead atoms. The second-order valence-electron chi connectivity index (χ2n) is 10.8. The fourth-order valence-electron chi connectivity index (χ4n) is 6.19. The first-order valence-corrected chi connectivity index (χ1v) is 15.1. The van der Waals surface area contributed by atoms with Gasteiger partial charge in [-0.2, -0.15) is 0 Å². The highest BCUT2D eigenvalue weighted by atomic mass is 32.1. The molecule has 4 heteroatoms. The quantitative estimate of drug-likeness (QED) is 0.171. The van der Waals surface area contributed by atoms with Crippen molar-refractivity contribution in [2.45, 2.75) is 103 Å². The van der Waals surface area contributed by atoms with E-state index in [9.17, 15) is 4.79 Å². The van der Waals surface area contributed by atoms with Gasteiger partial charge in [0.05, 0.1) is 5.92 Å². The second-order valence-corrected chi connectivity index (χ2v) is 11.8. The molecule has 2 aliphatic rings. The molecule has 1 heterocycles. The van der Waals surface area contributed by atoms with Crippen molar-refractivity contribution in [3.05, 3.63) is 51.7 Å². The van der Waals surface area contributed by atoms with Crippen LogP contribution in [0.25, 0.3) is 0 Å². The van der Waals surface area contributed by atoms with Gasteiger partial charge in [-0.05, 0) is 98.9 Å². The Morgan fingerprint density at radius 3 is 2.60 bits per heavy atom. The van der Waals surface area contributed by atoms with Gasteiger partial charge in [-0.1, -0.05) is 57.7 Å². The zero-order valence-electron chi connectivity index (χ0n) is 22.0. The molecule has 35 heavy (non-hydrogen) atoms. The summed E-state index contributed by atoms with van der Waals surface area (Å²) in [6.07, 6.45) is 15.2. The summed E-state index contributed by atoms with van der Waals surface area (Å²) in [7, 11) is 0. The number of ether oxygens (including phenoxy) is 1. The molecular formula is C31H45NO2S.